The van der Waals surface area contributed by atoms with Crippen LogP contribution in [0.15, 0.2) is 24.3 Å². The maximum absolute atomic E-state index is 10.3. The molecule has 1 aromatic rings. The lowest BCUT2D eigenvalue weighted by Crippen LogP contribution is -2.20. The zero-order valence-corrected chi connectivity index (χ0v) is 11.1. The van der Waals surface area contributed by atoms with E-state index in [-0.39, 0.29) is 11.5 Å². The molecular weight excluding hydrogens is 196 g/mol. The van der Waals surface area contributed by atoms with E-state index in [0.717, 1.165) is 12.0 Å². The van der Waals surface area contributed by atoms with E-state index >= 15 is 0 Å². The van der Waals surface area contributed by atoms with E-state index in [9.17, 15) is 5.11 Å². The highest BCUT2D eigenvalue weighted by atomic mass is 16.3. The topological polar surface area (TPSA) is 20.2 Å². The monoisotopic (exact) mass is 220 g/mol. The minimum Gasteiger partial charge on any atom is -0.388 e. The molecule has 90 valence electrons. The van der Waals surface area contributed by atoms with Crippen LogP contribution in [-0.2, 0) is 0 Å². The summed E-state index contributed by atoms with van der Waals surface area (Å²) in [4.78, 5) is 0. The molecule has 0 fully saturated rings. The normalized spacial score (nSPS) is 14.2. The molecule has 1 atom stereocenters. The second-order valence-electron chi connectivity index (χ2n) is 5.57. The van der Waals surface area contributed by atoms with Crippen molar-refractivity contribution in [3.8, 4) is 0 Å². The molecule has 0 amide bonds. The number of aliphatic hydroxyl groups excluding tert-OH is 1. The molecule has 1 nitrogen and oxygen atoms in total. The van der Waals surface area contributed by atoms with Crippen LogP contribution in [0, 0.1) is 5.41 Å². The Morgan fingerprint density at radius 3 is 1.88 bits per heavy atom. The molecule has 1 unspecified atom stereocenters. The van der Waals surface area contributed by atoms with Crippen molar-refractivity contribution in [1.82, 2.24) is 0 Å². The van der Waals surface area contributed by atoms with Crippen LogP contribution in [0.4, 0.5) is 0 Å². The third-order valence-corrected chi connectivity index (χ3v) is 3.57. The highest BCUT2D eigenvalue weighted by molar-refractivity contribution is 5.26. The van der Waals surface area contributed by atoms with Gasteiger partial charge in [0, 0.05) is 0 Å². The Hall–Kier alpha value is -0.820. The average molecular weight is 220 g/mol. The SMILES string of the molecule is CCC(C)(C)C(O)c1ccc(C(C)C)cc1. The molecule has 0 aliphatic rings. The first-order valence-corrected chi connectivity index (χ1v) is 6.16. The minimum atomic E-state index is -0.376. The van der Waals surface area contributed by atoms with E-state index in [4.69, 9.17) is 0 Å². The smallest absolute Gasteiger partial charge is 0.0840 e. The molecule has 0 saturated heterocycles. The summed E-state index contributed by atoms with van der Waals surface area (Å²) in [5.41, 5.74) is 2.29. The molecule has 1 rings (SSSR count). The van der Waals surface area contributed by atoms with E-state index in [1.165, 1.54) is 5.56 Å². The van der Waals surface area contributed by atoms with Crippen LogP contribution in [0.2, 0.25) is 0 Å². The molecule has 0 aromatic heterocycles. The zero-order chi connectivity index (χ0) is 12.3. The van der Waals surface area contributed by atoms with Crippen molar-refractivity contribution in [1.29, 1.82) is 0 Å². The summed E-state index contributed by atoms with van der Waals surface area (Å²) in [7, 11) is 0. The van der Waals surface area contributed by atoms with Crippen LogP contribution in [0.3, 0.4) is 0 Å². The molecule has 1 aromatic carbocycles. The van der Waals surface area contributed by atoms with E-state index in [0.29, 0.717) is 5.92 Å². The van der Waals surface area contributed by atoms with Gasteiger partial charge in [0.2, 0.25) is 0 Å². The molecule has 0 aliphatic heterocycles. The predicted octanol–water partition coefficient (Wildman–Crippen LogP) is 4.28. The van der Waals surface area contributed by atoms with Gasteiger partial charge in [-0.25, -0.2) is 0 Å². The standard InChI is InChI=1S/C15H24O/c1-6-15(4,5)14(16)13-9-7-12(8-10-13)11(2)3/h7-11,14,16H,6H2,1-5H3. The van der Waals surface area contributed by atoms with Gasteiger partial charge in [0.15, 0.2) is 0 Å². The van der Waals surface area contributed by atoms with Crippen molar-refractivity contribution >= 4 is 0 Å². The van der Waals surface area contributed by atoms with Crippen molar-refractivity contribution < 1.29 is 5.11 Å². The highest BCUT2D eigenvalue weighted by Crippen LogP contribution is 2.36. The lowest BCUT2D eigenvalue weighted by molar-refractivity contribution is 0.0465. The number of hydrogen-bond donors (Lipinski definition) is 1. The van der Waals surface area contributed by atoms with E-state index in [1.54, 1.807) is 0 Å². The largest absolute Gasteiger partial charge is 0.388 e. The molecular formula is C15H24O. The quantitative estimate of drug-likeness (QED) is 0.803. The first kappa shape index (κ1) is 13.2. The fourth-order valence-electron chi connectivity index (χ4n) is 1.71. The summed E-state index contributed by atoms with van der Waals surface area (Å²) < 4.78 is 0. The lowest BCUT2D eigenvalue weighted by atomic mass is 9.80. The number of rotatable bonds is 4. The van der Waals surface area contributed by atoms with Crippen molar-refractivity contribution in [2.24, 2.45) is 5.41 Å². The Balaban J connectivity index is 2.90. The summed E-state index contributed by atoms with van der Waals surface area (Å²) in [6, 6.07) is 8.35. The second-order valence-corrected chi connectivity index (χ2v) is 5.57. The van der Waals surface area contributed by atoms with E-state index in [1.807, 2.05) is 0 Å². The van der Waals surface area contributed by atoms with E-state index < -0.39 is 0 Å². The fraction of sp³-hybridized carbons (Fsp3) is 0.600. The van der Waals surface area contributed by atoms with Crippen LogP contribution >= 0.6 is 0 Å². The summed E-state index contributed by atoms with van der Waals surface area (Å²) >= 11 is 0. The Morgan fingerprint density at radius 2 is 1.50 bits per heavy atom. The van der Waals surface area contributed by atoms with Crippen LogP contribution in [0.1, 0.15) is 64.2 Å². The molecule has 0 bridgehead atoms. The van der Waals surface area contributed by atoms with Crippen molar-refractivity contribution in [3.05, 3.63) is 35.4 Å². The molecule has 1 N–H and O–H groups in total. The summed E-state index contributed by atoms with van der Waals surface area (Å²) in [5.74, 6) is 0.547. The first-order valence-electron chi connectivity index (χ1n) is 6.16. The molecule has 0 spiro atoms. The van der Waals surface area contributed by atoms with Gasteiger partial charge in [-0.05, 0) is 28.9 Å². The fourth-order valence-corrected chi connectivity index (χ4v) is 1.71. The first-order chi connectivity index (χ1) is 7.38. The van der Waals surface area contributed by atoms with Crippen LogP contribution in [0.25, 0.3) is 0 Å². The van der Waals surface area contributed by atoms with Crippen molar-refractivity contribution in [2.75, 3.05) is 0 Å². The molecule has 1 heteroatoms. The van der Waals surface area contributed by atoms with E-state index in [2.05, 4.69) is 58.9 Å². The molecule has 16 heavy (non-hydrogen) atoms. The van der Waals surface area contributed by atoms with Gasteiger partial charge in [-0.2, -0.15) is 0 Å². The van der Waals surface area contributed by atoms with Gasteiger partial charge in [0.25, 0.3) is 0 Å². The summed E-state index contributed by atoms with van der Waals surface area (Å²) in [6.07, 6.45) is 0.596. The maximum Gasteiger partial charge on any atom is 0.0840 e. The predicted molar refractivity (Wildman–Crippen MR) is 69.6 cm³/mol. The van der Waals surface area contributed by atoms with Crippen molar-refractivity contribution in [2.45, 2.75) is 53.1 Å². The van der Waals surface area contributed by atoms with Crippen LogP contribution in [-0.4, -0.2) is 5.11 Å². The second kappa shape index (κ2) is 5.01. The van der Waals surface area contributed by atoms with Gasteiger partial charge in [-0.1, -0.05) is 58.9 Å². The van der Waals surface area contributed by atoms with Gasteiger partial charge in [0.05, 0.1) is 6.10 Å². The Kier molecular flexibility index (Phi) is 4.15. The van der Waals surface area contributed by atoms with Crippen LogP contribution < -0.4 is 0 Å². The molecule has 0 saturated carbocycles. The summed E-state index contributed by atoms with van der Waals surface area (Å²) in [5, 5.41) is 10.3. The zero-order valence-electron chi connectivity index (χ0n) is 11.1. The molecule has 0 heterocycles. The Labute approximate surface area is 99.5 Å². The van der Waals surface area contributed by atoms with Gasteiger partial charge in [-0.3, -0.25) is 0 Å². The lowest BCUT2D eigenvalue weighted by Gasteiger charge is -2.29. The third kappa shape index (κ3) is 2.85. The van der Waals surface area contributed by atoms with Gasteiger partial charge >= 0.3 is 0 Å². The van der Waals surface area contributed by atoms with Crippen molar-refractivity contribution in [3.63, 3.8) is 0 Å². The Bertz CT molecular complexity index is 322. The van der Waals surface area contributed by atoms with Gasteiger partial charge in [-0.15, -0.1) is 0 Å². The van der Waals surface area contributed by atoms with Gasteiger partial charge < -0.3 is 5.11 Å². The number of hydrogen-bond acceptors (Lipinski definition) is 1. The highest BCUT2D eigenvalue weighted by Gasteiger charge is 2.26. The number of aliphatic hydroxyl groups is 1. The summed E-state index contributed by atoms with van der Waals surface area (Å²) in [6.45, 7) is 10.7. The maximum atomic E-state index is 10.3. The third-order valence-electron chi connectivity index (χ3n) is 3.57. The Morgan fingerprint density at radius 1 is 1.06 bits per heavy atom. The minimum absolute atomic E-state index is 0.0562. The van der Waals surface area contributed by atoms with Crippen LogP contribution in [0.5, 0.6) is 0 Å². The van der Waals surface area contributed by atoms with Gasteiger partial charge in [0.1, 0.15) is 0 Å². The molecule has 0 aliphatic carbocycles. The molecule has 0 radical (unpaired) electrons. The average Bonchev–Trinajstić information content (AvgIpc) is 2.28. The number of benzene rings is 1.